The van der Waals surface area contributed by atoms with Gasteiger partial charge in [0.15, 0.2) is 0 Å². The summed E-state index contributed by atoms with van der Waals surface area (Å²) in [6.45, 7) is 0.746. The number of furan rings is 1. The second-order valence-corrected chi connectivity index (χ2v) is 6.07. The lowest BCUT2D eigenvalue weighted by Gasteiger charge is -2.20. The van der Waals surface area contributed by atoms with Crippen molar-refractivity contribution < 1.29 is 9.21 Å². The van der Waals surface area contributed by atoms with Gasteiger partial charge in [-0.25, -0.2) is 4.68 Å². The topological polar surface area (TPSA) is 64.2 Å². The van der Waals surface area contributed by atoms with Crippen molar-refractivity contribution in [1.29, 1.82) is 0 Å². The van der Waals surface area contributed by atoms with Gasteiger partial charge in [-0.1, -0.05) is 24.3 Å². The van der Waals surface area contributed by atoms with E-state index in [9.17, 15) is 4.79 Å². The average Bonchev–Trinajstić information content (AvgIpc) is 3.41. The number of hydrogen-bond donors (Lipinski definition) is 0. The highest BCUT2D eigenvalue weighted by Gasteiger charge is 2.20. The Labute approximate surface area is 156 Å². The Bertz CT molecular complexity index is 995. The van der Waals surface area contributed by atoms with Gasteiger partial charge in [-0.3, -0.25) is 9.78 Å². The number of aromatic nitrogens is 3. The molecule has 0 spiro atoms. The minimum absolute atomic E-state index is 0.126. The molecule has 3 heterocycles. The lowest BCUT2D eigenvalue weighted by molar-refractivity contribution is 0.0715. The minimum Gasteiger partial charge on any atom is -0.467 e. The lowest BCUT2D eigenvalue weighted by Crippen LogP contribution is -2.30. The maximum atomic E-state index is 13.1. The maximum Gasteiger partial charge on any atom is 0.257 e. The van der Waals surface area contributed by atoms with E-state index in [0.29, 0.717) is 18.7 Å². The molecule has 6 heteroatoms. The first-order valence-electron chi connectivity index (χ1n) is 8.61. The normalized spacial score (nSPS) is 10.7. The van der Waals surface area contributed by atoms with Crippen LogP contribution in [0.4, 0.5) is 0 Å². The Morgan fingerprint density at radius 2 is 1.85 bits per heavy atom. The van der Waals surface area contributed by atoms with Gasteiger partial charge in [-0.05, 0) is 36.4 Å². The number of pyridine rings is 1. The summed E-state index contributed by atoms with van der Waals surface area (Å²) in [6, 6.07) is 19.0. The van der Waals surface area contributed by atoms with Gasteiger partial charge >= 0.3 is 0 Å². The van der Waals surface area contributed by atoms with E-state index >= 15 is 0 Å². The molecule has 0 saturated heterocycles. The molecule has 1 aromatic carbocycles. The number of nitrogens with zero attached hydrogens (tertiary/aromatic N) is 4. The van der Waals surface area contributed by atoms with Crippen molar-refractivity contribution in [1.82, 2.24) is 19.7 Å². The van der Waals surface area contributed by atoms with Crippen molar-refractivity contribution in [2.45, 2.75) is 13.1 Å². The summed E-state index contributed by atoms with van der Waals surface area (Å²) in [4.78, 5) is 19.2. The molecule has 0 aliphatic carbocycles. The largest absolute Gasteiger partial charge is 0.467 e. The second-order valence-electron chi connectivity index (χ2n) is 6.07. The fourth-order valence-electron chi connectivity index (χ4n) is 2.82. The third kappa shape index (κ3) is 3.95. The molecule has 3 aromatic heterocycles. The van der Waals surface area contributed by atoms with Crippen molar-refractivity contribution in [2.24, 2.45) is 0 Å². The number of carbonyl (C=O) groups is 1. The van der Waals surface area contributed by atoms with E-state index in [1.165, 1.54) is 0 Å². The smallest absolute Gasteiger partial charge is 0.257 e. The van der Waals surface area contributed by atoms with Gasteiger partial charge in [-0.15, -0.1) is 0 Å². The van der Waals surface area contributed by atoms with Crippen LogP contribution in [0.2, 0.25) is 0 Å². The Kier molecular flexibility index (Phi) is 4.78. The van der Waals surface area contributed by atoms with Crippen LogP contribution in [-0.2, 0) is 13.1 Å². The summed E-state index contributed by atoms with van der Waals surface area (Å²) < 4.78 is 7.12. The molecule has 6 nitrogen and oxygen atoms in total. The van der Waals surface area contributed by atoms with E-state index in [4.69, 9.17) is 4.42 Å². The molecule has 0 atom stereocenters. The molecule has 0 unspecified atom stereocenters. The second kappa shape index (κ2) is 7.70. The zero-order chi connectivity index (χ0) is 18.5. The third-order valence-corrected chi connectivity index (χ3v) is 4.14. The monoisotopic (exact) mass is 358 g/mol. The molecule has 0 fully saturated rings. The van der Waals surface area contributed by atoms with Crippen molar-refractivity contribution in [3.63, 3.8) is 0 Å². The molecule has 0 radical (unpaired) electrons. The fraction of sp³-hybridized carbons (Fsp3) is 0.0952. The zero-order valence-electron chi connectivity index (χ0n) is 14.6. The van der Waals surface area contributed by atoms with E-state index in [2.05, 4.69) is 10.1 Å². The van der Waals surface area contributed by atoms with Crippen molar-refractivity contribution in [3.8, 4) is 5.69 Å². The standard InChI is InChI=1S/C21H18N4O2/c26-21(17-13-23-25(14-17)19-8-2-1-3-9-19)24(16-20-10-6-12-27-20)15-18-7-4-5-11-22-18/h1-14H,15-16H2. The molecule has 1 amide bonds. The molecular formula is C21H18N4O2. The summed E-state index contributed by atoms with van der Waals surface area (Å²) in [7, 11) is 0. The van der Waals surface area contributed by atoms with Gasteiger partial charge in [0.2, 0.25) is 0 Å². The first-order valence-corrected chi connectivity index (χ1v) is 8.61. The highest BCUT2D eigenvalue weighted by atomic mass is 16.3. The Hall–Kier alpha value is -3.67. The number of para-hydroxylation sites is 1. The lowest BCUT2D eigenvalue weighted by atomic mass is 10.2. The Balaban J connectivity index is 1.59. The highest BCUT2D eigenvalue weighted by molar-refractivity contribution is 5.93. The number of carbonyl (C=O) groups excluding carboxylic acids is 1. The molecule has 0 saturated carbocycles. The molecule has 0 N–H and O–H groups in total. The summed E-state index contributed by atoms with van der Waals surface area (Å²) in [5.74, 6) is 0.592. The van der Waals surface area contributed by atoms with Gasteiger partial charge < -0.3 is 9.32 Å². The molecule has 4 rings (SSSR count). The van der Waals surface area contributed by atoms with Crippen LogP contribution >= 0.6 is 0 Å². The quantitative estimate of drug-likeness (QED) is 0.527. The number of amides is 1. The van der Waals surface area contributed by atoms with Crippen LogP contribution in [0, 0.1) is 0 Å². The van der Waals surface area contributed by atoms with Gasteiger partial charge in [0.25, 0.3) is 5.91 Å². The van der Waals surface area contributed by atoms with E-state index in [0.717, 1.165) is 17.1 Å². The summed E-state index contributed by atoms with van der Waals surface area (Å²) in [5.41, 5.74) is 2.23. The van der Waals surface area contributed by atoms with E-state index in [1.807, 2.05) is 60.7 Å². The summed E-state index contributed by atoms with van der Waals surface area (Å²) >= 11 is 0. The number of rotatable bonds is 6. The summed E-state index contributed by atoms with van der Waals surface area (Å²) in [5, 5.41) is 4.32. The van der Waals surface area contributed by atoms with E-state index in [1.54, 1.807) is 34.4 Å². The molecule has 0 bridgehead atoms. The fourth-order valence-corrected chi connectivity index (χ4v) is 2.82. The van der Waals surface area contributed by atoms with Gasteiger partial charge in [0.05, 0.1) is 42.5 Å². The van der Waals surface area contributed by atoms with Gasteiger partial charge in [0.1, 0.15) is 5.76 Å². The van der Waals surface area contributed by atoms with Crippen molar-refractivity contribution >= 4 is 5.91 Å². The molecule has 134 valence electrons. The number of benzene rings is 1. The number of hydrogen-bond acceptors (Lipinski definition) is 4. The SMILES string of the molecule is O=C(c1cnn(-c2ccccc2)c1)N(Cc1ccccn1)Cc1ccco1. The third-order valence-electron chi connectivity index (χ3n) is 4.14. The molecule has 4 aromatic rings. The van der Waals surface area contributed by atoms with E-state index < -0.39 is 0 Å². The maximum absolute atomic E-state index is 13.1. The average molecular weight is 358 g/mol. The molecule has 27 heavy (non-hydrogen) atoms. The minimum atomic E-state index is -0.126. The highest BCUT2D eigenvalue weighted by Crippen LogP contribution is 2.15. The van der Waals surface area contributed by atoms with E-state index in [-0.39, 0.29) is 5.91 Å². The predicted molar refractivity (Wildman–Crippen MR) is 100 cm³/mol. The van der Waals surface area contributed by atoms with Crippen LogP contribution in [0.1, 0.15) is 21.8 Å². The van der Waals surface area contributed by atoms with Crippen LogP contribution < -0.4 is 0 Å². The van der Waals surface area contributed by atoms with Crippen LogP contribution in [0.25, 0.3) is 5.69 Å². The summed E-state index contributed by atoms with van der Waals surface area (Å²) in [6.07, 6.45) is 6.65. The van der Waals surface area contributed by atoms with Crippen LogP contribution in [0.5, 0.6) is 0 Å². The van der Waals surface area contributed by atoms with Crippen LogP contribution in [0.15, 0.2) is 89.9 Å². The zero-order valence-corrected chi connectivity index (χ0v) is 14.6. The molecule has 0 aliphatic rings. The Morgan fingerprint density at radius 1 is 1.00 bits per heavy atom. The Morgan fingerprint density at radius 3 is 2.59 bits per heavy atom. The van der Waals surface area contributed by atoms with Crippen LogP contribution in [0.3, 0.4) is 0 Å². The van der Waals surface area contributed by atoms with Gasteiger partial charge in [-0.2, -0.15) is 5.10 Å². The predicted octanol–water partition coefficient (Wildman–Crippen LogP) is 3.70. The van der Waals surface area contributed by atoms with Crippen molar-refractivity contribution in [3.05, 3.63) is 103 Å². The first kappa shape index (κ1) is 16.8. The van der Waals surface area contributed by atoms with Gasteiger partial charge in [0, 0.05) is 12.4 Å². The molecular weight excluding hydrogens is 340 g/mol. The first-order chi connectivity index (χ1) is 13.3. The van der Waals surface area contributed by atoms with Crippen molar-refractivity contribution in [2.75, 3.05) is 0 Å². The molecule has 0 aliphatic heterocycles. The van der Waals surface area contributed by atoms with Crippen LogP contribution in [-0.4, -0.2) is 25.6 Å².